The summed E-state index contributed by atoms with van der Waals surface area (Å²) < 4.78 is 0. The van der Waals surface area contributed by atoms with Gasteiger partial charge in [0.15, 0.2) is 0 Å². The van der Waals surface area contributed by atoms with Crippen LogP contribution in [-0.2, 0) is 0 Å². The van der Waals surface area contributed by atoms with Crippen LogP contribution in [0.2, 0.25) is 0 Å². The Kier molecular flexibility index (Phi) is 3.16. The molecule has 0 aromatic heterocycles. The van der Waals surface area contributed by atoms with Crippen LogP contribution in [0.15, 0.2) is 0 Å². The summed E-state index contributed by atoms with van der Waals surface area (Å²) in [5.41, 5.74) is 0.593. The normalized spacial score (nSPS) is 31.7. The number of rotatable bonds is 4. The molecule has 1 atom stereocenters. The monoisotopic (exact) mass is 195 g/mol. The van der Waals surface area contributed by atoms with Crippen molar-refractivity contribution in [3.8, 4) is 0 Å². The lowest BCUT2D eigenvalue weighted by molar-refractivity contribution is 0.198. The maximum atomic E-state index is 3.75. The zero-order valence-electron chi connectivity index (χ0n) is 9.81. The molecule has 1 heteroatoms. The lowest BCUT2D eigenvalue weighted by atomic mass is 9.75. The van der Waals surface area contributed by atoms with E-state index in [2.05, 4.69) is 19.2 Å². The van der Waals surface area contributed by atoms with Crippen LogP contribution in [0.3, 0.4) is 0 Å². The molecule has 0 radical (unpaired) electrons. The van der Waals surface area contributed by atoms with Crippen molar-refractivity contribution in [2.45, 2.75) is 64.8 Å². The molecular formula is C13H25N. The maximum Gasteiger partial charge on any atom is 0.00721 e. The molecule has 1 unspecified atom stereocenters. The van der Waals surface area contributed by atoms with Gasteiger partial charge in [0.25, 0.3) is 0 Å². The zero-order chi connectivity index (χ0) is 10.0. The van der Waals surface area contributed by atoms with E-state index in [1.165, 1.54) is 51.5 Å². The fourth-order valence-corrected chi connectivity index (χ4v) is 2.77. The molecule has 0 aromatic carbocycles. The molecule has 14 heavy (non-hydrogen) atoms. The summed E-state index contributed by atoms with van der Waals surface area (Å²) >= 11 is 0. The molecule has 0 spiro atoms. The second kappa shape index (κ2) is 4.22. The summed E-state index contributed by atoms with van der Waals surface area (Å²) in [5, 5.41) is 3.75. The lowest BCUT2D eigenvalue weighted by Gasteiger charge is -2.35. The van der Waals surface area contributed by atoms with Crippen LogP contribution in [0.4, 0.5) is 0 Å². The first-order chi connectivity index (χ1) is 6.66. The van der Waals surface area contributed by atoms with Crippen molar-refractivity contribution in [2.24, 2.45) is 11.3 Å². The highest BCUT2D eigenvalue weighted by Gasteiger charge is 2.28. The Morgan fingerprint density at radius 3 is 2.64 bits per heavy atom. The van der Waals surface area contributed by atoms with E-state index in [0.29, 0.717) is 5.41 Å². The van der Waals surface area contributed by atoms with E-state index in [-0.39, 0.29) is 0 Å². The Hall–Kier alpha value is -0.0400. The van der Waals surface area contributed by atoms with Crippen LogP contribution in [0.1, 0.15) is 58.8 Å². The molecule has 2 saturated carbocycles. The standard InChI is InChI=1S/C13H25N/c1-13(2)8-3-4-12(10-13)14-9-7-11-5-6-11/h11-12,14H,3-10H2,1-2H3. The average molecular weight is 195 g/mol. The fourth-order valence-electron chi connectivity index (χ4n) is 2.77. The van der Waals surface area contributed by atoms with E-state index in [4.69, 9.17) is 0 Å². The largest absolute Gasteiger partial charge is 0.314 e. The molecule has 82 valence electrons. The van der Waals surface area contributed by atoms with Gasteiger partial charge in [0.2, 0.25) is 0 Å². The highest BCUT2D eigenvalue weighted by Crippen LogP contribution is 2.35. The molecule has 2 aliphatic carbocycles. The van der Waals surface area contributed by atoms with Gasteiger partial charge in [-0.2, -0.15) is 0 Å². The summed E-state index contributed by atoms with van der Waals surface area (Å²) in [6.45, 7) is 6.11. The van der Waals surface area contributed by atoms with Crippen molar-refractivity contribution >= 4 is 0 Å². The van der Waals surface area contributed by atoms with E-state index in [9.17, 15) is 0 Å². The van der Waals surface area contributed by atoms with Crippen LogP contribution >= 0.6 is 0 Å². The minimum atomic E-state index is 0.593. The number of hydrogen-bond donors (Lipinski definition) is 1. The quantitative estimate of drug-likeness (QED) is 0.725. The molecule has 0 saturated heterocycles. The van der Waals surface area contributed by atoms with Crippen LogP contribution in [0, 0.1) is 11.3 Å². The van der Waals surface area contributed by atoms with Crippen LogP contribution in [0.25, 0.3) is 0 Å². The minimum Gasteiger partial charge on any atom is -0.314 e. The molecule has 0 aromatic rings. The van der Waals surface area contributed by atoms with Gasteiger partial charge in [-0.3, -0.25) is 0 Å². The molecule has 2 fully saturated rings. The smallest absolute Gasteiger partial charge is 0.00721 e. The Bertz CT molecular complexity index is 182. The zero-order valence-corrected chi connectivity index (χ0v) is 9.81. The van der Waals surface area contributed by atoms with E-state index in [0.717, 1.165) is 12.0 Å². The predicted octanol–water partition coefficient (Wildman–Crippen LogP) is 3.34. The maximum absolute atomic E-state index is 3.75. The van der Waals surface area contributed by atoms with E-state index in [1.807, 2.05) is 0 Å². The van der Waals surface area contributed by atoms with E-state index in [1.54, 1.807) is 0 Å². The summed E-state index contributed by atoms with van der Waals surface area (Å²) in [4.78, 5) is 0. The van der Waals surface area contributed by atoms with Gasteiger partial charge >= 0.3 is 0 Å². The highest BCUT2D eigenvalue weighted by molar-refractivity contribution is 4.84. The third-order valence-electron chi connectivity index (χ3n) is 3.89. The Morgan fingerprint density at radius 1 is 1.21 bits per heavy atom. The number of nitrogens with one attached hydrogen (secondary N) is 1. The van der Waals surface area contributed by atoms with Gasteiger partial charge in [-0.05, 0) is 43.6 Å². The Labute approximate surface area is 88.7 Å². The predicted molar refractivity (Wildman–Crippen MR) is 61.4 cm³/mol. The van der Waals surface area contributed by atoms with Crippen molar-refractivity contribution in [3.05, 3.63) is 0 Å². The molecule has 2 rings (SSSR count). The molecule has 0 amide bonds. The lowest BCUT2D eigenvalue weighted by Crippen LogP contribution is -2.37. The average Bonchev–Trinajstić information content (AvgIpc) is 2.86. The van der Waals surface area contributed by atoms with Gasteiger partial charge in [-0.15, -0.1) is 0 Å². The molecule has 1 N–H and O–H groups in total. The van der Waals surface area contributed by atoms with Crippen LogP contribution in [-0.4, -0.2) is 12.6 Å². The second-order valence-corrected chi connectivity index (χ2v) is 6.14. The van der Waals surface area contributed by atoms with Crippen molar-refractivity contribution in [3.63, 3.8) is 0 Å². The van der Waals surface area contributed by atoms with Crippen LogP contribution < -0.4 is 5.32 Å². The van der Waals surface area contributed by atoms with Gasteiger partial charge < -0.3 is 5.32 Å². The topological polar surface area (TPSA) is 12.0 Å². The molecule has 2 aliphatic rings. The molecule has 1 nitrogen and oxygen atoms in total. The Balaban J connectivity index is 1.63. The van der Waals surface area contributed by atoms with E-state index < -0.39 is 0 Å². The summed E-state index contributed by atoms with van der Waals surface area (Å²) in [6, 6.07) is 0.817. The van der Waals surface area contributed by atoms with Gasteiger partial charge in [0, 0.05) is 6.04 Å². The summed E-state index contributed by atoms with van der Waals surface area (Å²) in [6.07, 6.45) is 10.1. The minimum absolute atomic E-state index is 0.593. The number of hydrogen-bond acceptors (Lipinski definition) is 1. The van der Waals surface area contributed by atoms with Crippen molar-refractivity contribution in [1.29, 1.82) is 0 Å². The van der Waals surface area contributed by atoms with Crippen molar-refractivity contribution in [2.75, 3.05) is 6.54 Å². The first-order valence-corrected chi connectivity index (χ1v) is 6.39. The third-order valence-corrected chi connectivity index (χ3v) is 3.89. The van der Waals surface area contributed by atoms with Crippen LogP contribution in [0.5, 0.6) is 0 Å². The van der Waals surface area contributed by atoms with E-state index >= 15 is 0 Å². The molecule has 0 bridgehead atoms. The highest BCUT2D eigenvalue weighted by atomic mass is 14.9. The van der Waals surface area contributed by atoms with Gasteiger partial charge in [0.05, 0.1) is 0 Å². The summed E-state index contributed by atoms with van der Waals surface area (Å²) in [5.74, 6) is 1.08. The van der Waals surface area contributed by atoms with Gasteiger partial charge in [0.1, 0.15) is 0 Å². The first-order valence-electron chi connectivity index (χ1n) is 6.39. The molecular weight excluding hydrogens is 170 g/mol. The van der Waals surface area contributed by atoms with Crippen molar-refractivity contribution < 1.29 is 0 Å². The van der Waals surface area contributed by atoms with Gasteiger partial charge in [-0.25, -0.2) is 0 Å². The third kappa shape index (κ3) is 3.27. The SMILES string of the molecule is CC1(C)CCCC(NCCC2CC2)C1. The first kappa shape index (κ1) is 10.5. The second-order valence-electron chi connectivity index (χ2n) is 6.14. The molecule has 0 heterocycles. The summed E-state index contributed by atoms with van der Waals surface area (Å²) in [7, 11) is 0. The fraction of sp³-hybridized carbons (Fsp3) is 1.00. The Morgan fingerprint density at radius 2 is 2.00 bits per heavy atom. The van der Waals surface area contributed by atoms with Gasteiger partial charge in [-0.1, -0.05) is 33.1 Å². The molecule has 0 aliphatic heterocycles. The van der Waals surface area contributed by atoms with Crippen molar-refractivity contribution in [1.82, 2.24) is 5.32 Å².